The molecule has 1 fully saturated rings. The number of urea groups is 1. The fourth-order valence-corrected chi connectivity index (χ4v) is 2.30. The number of nitrogens with zero attached hydrogens (tertiary/aromatic N) is 2. The van der Waals surface area contributed by atoms with Crippen LogP contribution in [0.15, 0.2) is 0 Å². The number of piperazine rings is 1. The molecule has 1 aliphatic heterocycles. The van der Waals surface area contributed by atoms with Crippen molar-refractivity contribution in [2.45, 2.75) is 26.2 Å². The number of carbonyl (C=O) groups excluding carboxylic acids is 2. The minimum absolute atomic E-state index is 0.0112. The van der Waals surface area contributed by atoms with Gasteiger partial charge >= 0.3 is 6.03 Å². The number of methoxy groups -OCH3 is 1. The molecule has 1 saturated heterocycles. The smallest absolute Gasteiger partial charge is 0.317 e. The van der Waals surface area contributed by atoms with Gasteiger partial charge in [-0.15, -0.1) is 0 Å². The standard InChI is InChI=1S/C15H30N4O3/c1-3-4-6-17-15(21)19-10-8-18(9-11-19)13-14(20)16-7-5-12-22-2/h3-13H2,1-2H3,(H,16,20)(H,17,21). The Morgan fingerprint density at radius 1 is 1.05 bits per heavy atom. The van der Waals surface area contributed by atoms with E-state index >= 15 is 0 Å². The molecule has 128 valence electrons. The maximum Gasteiger partial charge on any atom is 0.317 e. The molecule has 0 spiro atoms. The van der Waals surface area contributed by atoms with E-state index in [0.717, 1.165) is 38.9 Å². The zero-order valence-corrected chi connectivity index (χ0v) is 13.9. The summed E-state index contributed by atoms with van der Waals surface area (Å²) >= 11 is 0. The van der Waals surface area contributed by atoms with E-state index in [1.807, 2.05) is 4.90 Å². The van der Waals surface area contributed by atoms with E-state index in [0.29, 0.717) is 32.8 Å². The van der Waals surface area contributed by atoms with E-state index in [1.165, 1.54) is 0 Å². The minimum Gasteiger partial charge on any atom is -0.385 e. The highest BCUT2D eigenvalue weighted by molar-refractivity contribution is 5.78. The van der Waals surface area contributed by atoms with Gasteiger partial charge in [0.2, 0.25) is 5.91 Å². The Hall–Kier alpha value is -1.34. The summed E-state index contributed by atoms with van der Waals surface area (Å²) in [5.74, 6) is 0.0388. The highest BCUT2D eigenvalue weighted by Crippen LogP contribution is 2.02. The van der Waals surface area contributed by atoms with Gasteiger partial charge in [-0.25, -0.2) is 4.79 Å². The van der Waals surface area contributed by atoms with Crippen LogP contribution in [0.25, 0.3) is 0 Å². The first-order chi connectivity index (χ1) is 10.7. The number of ether oxygens (including phenoxy) is 1. The molecular formula is C15H30N4O3. The lowest BCUT2D eigenvalue weighted by Gasteiger charge is -2.34. The van der Waals surface area contributed by atoms with Crippen molar-refractivity contribution in [3.8, 4) is 0 Å². The molecule has 0 atom stereocenters. The summed E-state index contributed by atoms with van der Waals surface area (Å²) < 4.78 is 4.94. The SMILES string of the molecule is CCCCNC(=O)N1CCN(CC(=O)NCCCOC)CC1. The first-order valence-electron chi connectivity index (χ1n) is 8.18. The molecule has 2 N–H and O–H groups in total. The van der Waals surface area contributed by atoms with Crippen LogP contribution < -0.4 is 10.6 Å². The summed E-state index contributed by atoms with van der Waals surface area (Å²) in [5, 5.41) is 5.81. The van der Waals surface area contributed by atoms with Crippen LogP contribution in [0.3, 0.4) is 0 Å². The van der Waals surface area contributed by atoms with E-state index in [4.69, 9.17) is 4.74 Å². The lowest BCUT2D eigenvalue weighted by molar-refractivity contribution is -0.122. The molecule has 0 radical (unpaired) electrons. The van der Waals surface area contributed by atoms with Crippen LogP contribution >= 0.6 is 0 Å². The molecule has 0 bridgehead atoms. The lowest BCUT2D eigenvalue weighted by atomic mass is 10.3. The van der Waals surface area contributed by atoms with Crippen molar-refractivity contribution in [2.24, 2.45) is 0 Å². The van der Waals surface area contributed by atoms with Crippen molar-refractivity contribution in [1.29, 1.82) is 0 Å². The van der Waals surface area contributed by atoms with Crippen LogP contribution in [0.4, 0.5) is 4.79 Å². The van der Waals surface area contributed by atoms with Gasteiger partial charge in [0.1, 0.15) is 0 Å². The third-order valence-electron chi connectivity index (χ3n) is 3.68. The van der Waals surface area contributed by atoms with Crippen molar-refractivity contribution in [3.05, 3.63) is 0 Å². The summed E-state index contributed by atoms with van der Waals surface area (Å²) in [6.07, 6.45) is 2.91. The molecule has 7 nitrogen and oxygen atoms in total. The van der Waals surface area contributed by atoms with E-state index in [-0.39, 0.29) is 11.9 Å². The van der Waals surface area contributed by atoms with Crippen LogP contribution in [-0.4, -0.2) is 81.3 Å². The molecule has 0 aromatic carbocycles. The summed E-state index contributed by atoms with van der Waals surface area (Å²) in [5.41, 5.74) is 0. The number of rotatable bonds is 9. The molecule has 1 rings (SSSR count). The maximum absolute atomic E-state index is 11.9. The topological polar surface area (TPSA) is 73.9 Å². The number of amides is 3. The third-order valence-corrected chi connectivity index (χ3v) is 3.68. The summed E-state index contributed by atoms with van der Waals surface area (Å²) in [4.78, 5) is 27.6. The summed E-state index contributed by atoms with van der Waals surface area (Å²) in [7, 11) is 1.65. The fraction of sp³-hybridized carbons (Fsp3) is 0.867. The maximum atomic E-state index is 11.9. The number of nitrogens with one attached hydrogen (secondary N) is 2. The molecule has 1 aliphatic rings. The van der Waals surface area contributed by atoms with E-state index < -0.39 is 0 Å². The first kappa shape index (κ1) is 18.7. The van der Waals surface area contributed by atoms with Crippen molar-refractivity contribution in [2.75, 3.05) is 59.5 Å². The average Bonchev–Trinajstić information content (AvgIpc) is 2.52. The highest BCUT2D eigenvalue weighted by atomic mass is 16.5. The second kappa shape index (κ2) is 11.3. The van der Waals surface area contributed by atoms with Crippen molar-refractivity contribution < 1.29 is 14.3 Å². The Labute approximate surface area is 133 Å². The Morgan fingerprint density at radius 3 is 2.36 bits per heavy atom. The molecule has 1 heterocycles. The Kier molecular flexibility index (Phi) is 9.57. The van der Waals surface area contributed by atoms with Crippen LogP contribution in [-0.2, 0) is 9.53 Å². The molecule has 22 heavy (non-hydrogen) atoms. The summed E-state index contributed by atoms with van der Waals surface area (Å²) in [6, 6.07) is 0.0112. The molecule has 0 saturated carbocycles. The Bertz CT molecular complexity index is 331. The number of hydrogen-bond acceptors (Lipinski definition) is 4. The second-order valence-corrected chi connectivity index (χ2v) is 5.54. The Balaban J connectivity index is 2.13. The van der Waals surface area contributed by atoms with Crippen LogP contribution in [0.2, 0.25) is 0 Å². The minimum atomic E-state index is 0.0112. The molecule has 3 amide bonds. The van der Waals surface area contributed by atoms with Gasteiger partial charge in [-0.2, -0.15) is 0 Å². The summed E-state index contributed by atoms with van der Waals surface area (Å²) in [6.45, 7) is 7.38. The van der Waals surface area contributed by atoms with Crippen molar-refractivity contribution >= 4 is 11.9 Å². The van der Waals surface area contributed by atoms with Crippen LogP contribution in [0.5, 0.6) is 0 Å². The largest absolute Gasteiger partial charge is 0.385 e. The van der Waals surface area contributed by atoms with Crippen LogP contribution in [0.1, 0.15) is 26.2 Å². The van der Waals surface area contributed by atoms with Crippen LogP contribution in [0, 0.1) is 0 Å². The predicted molar refractivity (Wildman–Crippen MR) is 85.8 cm³/mol. The molecule has 0 unspecified atom stereocenters. The van der Waals surface area contributed by atoms with Gasteiger partial charge < -0.3 is 20.3 Å². The molecule has 7 heteroatoms. The monoisotopic (exact) mass is 314 g/mol. The Morgan fingerprint density at radius 2 is 1.73 bits per heavy atom. The number of hydrogen-bond donors (Lipinski definition) is 2. The second-order valence-electron chi connectivity index (χ2n) is 5.54. The van der Waals surface area contributed by atoms with Gasteiger partial charge in [0.15, 0.2) is 0 Å². The van der Waals surface area contributed by atoms with Crippen molar-refractivity contribution in [3.63, 3.8) is 0 Å². The number of carbonyl (C=O) groups is 2. The third kappa shape index (κ3) is 7.61. The molecule has 0 aliphatic carbocycles. The van der Waals surface area contributed by atoms with Gasteiger partial charge in [-0.1, -0.05) is 13.3 Å². The highest BCUT2D eigenvalue weighted by Gasteiger charge is 2.21. The molecule has 0 aromatic rings. The van der Waals surface area contributed by atoms with E-state index in [2.05, 4.69) is 22.5 Å². The first-order valence-corrected chi connectivity index (χ1v) is 8.18. The molecule has 0 aromatic heterocycles. The zero-order valence-electron chi connectivity index (χ0n) is 13.9. The van der Waals surface area contributed by atoms with E-state index in [1.54, 1.807) is 7.11 Å². The van der Waals surface area contributed by atoms with Gasteiger partial charge in [0.25, 0.3) is 0 Å². The van der Waals surface area contributed by atoms with Gasteiger partial charge in [0.05, 0.1) is 6.54 Å². The van der Waals surface area contributed by atoms with Crippen molar-refractivity contribution in [1.82, 2.24) is 20.4 Å². The molecular weight excluding hydrogens is 284 g/mol. The van der Waals surface area contributed by atoms with E-state index in [9.17, 15) is 9.59 Å². The zero-order chi connectivity index (χ0) is 16.2. The predicted octanol–water partition coefficient (Wildman–Crippen LogP) is 0.266. The van der Waals surface area contributed by atoms with Gasteiger partial charge in [-0.05, 0) is 12.8 Å². The number of unbranched alkanes of at least 4 members (excludes halogenated alkanes) is 1. The fourth-order valence-electron chi connectivity index (χ4n) is 2.30. The quantitative estimate of drug-likeness (QED) is 0.599. The van der Waals surface area contributed by atoms with Gasteiger partial charge in [-0.3, -0.25) is 9.69 Å². The normalized spacial score (nSPS) is 15.6. The average molecular weight is 314 g/mol. The van der Waals surface area contributed by atoms with Gasteiger partial charge in [0, 0.05) is 53.0 Å². The lowest BCUT2D eigenvalue weighted by Crippen LogP contribution is -2.53.